The van der Waals surface area contributed by atoms with Crippen molar-refractivity contribution in [3.8, 4) is 11.5 Å². The number of thioether (sulfide) groups is 1. The lowest BCUT2D eigenvalue weighted by molar-refractivity contribution is -0.152. The Hall–Kier alpha value is -2.34. The Labute approximate surface area is 257 Å². The average Bonchev–Trinajstić information content (AvgIpc) is 3.76. The van der Waals surface area contributed by atoms with Crippen LogP contribution >= 0.6 is 46.6 Å². The Kier molecular flexibility index (Phi) is 10.6. The van der Waals surface area contributed by atoms with Crippen molar-refractivity contribution < 1.29 is 33.4 Å². The molecule has 2 bridgehead atoms. The molecule has 224 valence electrons. The number of rotatable bonds is 8. The van der Waals surface area contributed by atoms with E-state index in [-0.39, 0.29) is 5.70 Å². The fourth-order valence-electron chi connectivity index (χ4n) is 4.47. The van der Waals surface area contributed by atoms with Crippen LogP contribution in [-0.2, 0) is 23.9 Å². The standard InChI is InChI=1S/C21H28Cl3N3O6S.C6H4O/c1-12(26-8-4-3-5-9-26)16(19(30)33-11-21(22,23)24)27-17(29)15(25-13(2)28)18(27)34-20(31)32-10-14-6-7-14;1-2-5-4-6(3-1)7-5/h14-15,18H,3-11H2,1-2H3,(H,25,28);1-4H. The summed E-state index contributed by atoms with van der Waals surface area (Å²) in [6, 6.07) is 6.86. The van der Waals surface area contributed by atoms with Gasteiger partial charge in [0.1, 0.15) is 35.2 Å². The predicted octanol–water partition coefficient (Wildman–Crippen LogP) is 5.36. The molecular formula is C27H32Cl3N3O7S. The number of benzene rings is 1. The third-order valence-electron chi connectivity index (χ3n) is 6.77. The summed E-state index contributed by atoms with van der Waals surface area (Å²) in [7, 11) is 0. The van der Waals surface area contributed by atoms with Crippen LogP contribution in [0.3, 0.4) is 0 Å². The van der Waals surface area contributed by atoms with E-state index < -0.39 is 44.9 Å². The summed E-state index contributed by atoms with van der Waals surface area (Å²) in [5, 5.41) is 1.07. The molecule has 10 nitrogen and oxygen atoms in total. The van der Waals surface area contributed by atoms with Crippen LogP contribution in [0.15, 0.2) is 35.7 Å². The normalized spacial score (nSPS) is 21.6. The second-order valence-electron chi connectivity index (χ2n) is 10.1. The molecule has 4 heterocycles. The number of esters is 1. The van der Waals surface area contributed by atoms with Crippen LogP contribution in [-0.4, -0.2) is 74.4 Å². The number of likely N-dealkylation sites (tertiary alicyclic amines) is 2. The molecule has 1 aliphatic carbocycles. The number of alkyl halides is 3. The van der Waals surface area contributed by atoms with E-state index in [2.05, 4.69) is 5.32 Å². The van der Waals surface area contributed by atoms with Crippen molar-refractivity contribution >= 4 is 69.6 Å². The van der Waals surface area contributed by atoms with E-state index in [0.717, 1.165) is 55.4 Å². The Morgan fingerprint density at radius 1 is 1.07 bits per heavy atom. The van der Waals surface area contributed by atoms with Crippen LogP contribution in [0.4, 0.5) is 4.79 Å². The zero-order chi connectivity index (χ0) is 29.7. The Morgan fingerprint density at radius 2 is 1.71 bits per heavy atom. The first-order valence-corrected chi connectivity index (χ1v) is 15.4. The SMILES string of the molecule is CC(=O)NC1C(=O)N(C(C(=O)OCC(Cl)(Cl)Cl)=C(C)N2CCCCC2)C1SC(=O)OCC1CC1.c1cc2cc(c1)O2. The van der Waals surface area contributed by atoms with Crippen molar-refractivity contribution in [2.24, 2.45) is 5.92 Å². The van der Waals surface area contributed by atoms with Gasteiger partial charge in [-0.05, 0) is 68.8 Å². The molecule has 5 aliphatic rings. The number of hydrogen-bond acceptors (Lipinski definition) is 9. The lowest BCUT2D eigenvalue weighted by Crippen LogP contribution is -2.69. The van der Waals surface area contributed by atoms with Gasteiger partial charge in [-0.15, -0.1) is 0 Å². The summed E-state index contributed by atoms with van der Waals surface area (Å²) in [5.41, 5.74) is 0.468. The van der Waals surface area contributed by atoms with E-state index in [1.165, 1.54) is 11.8 Å². The number of carbonyl (C=O) groups is 4. The Balaban J connectivity index is 0.000000473. The number of fused-ring (bicyclic) bond motifs is 2. The summed E-state index contributed by atoms with van der Waals surface area (Å²) < 4.78 is 13.7. The summed E-state index contributed by atoms with van der Waals surface area (Å²) in [6.07, 6.45) is 4.95. The first-order valence-electron chi connectivity index (χ1n) is 13.3. The molecule has 1 aromatic carbocycles. The Morgan fingerprint density at radius 3 is 2.20 bits per heavy atom. The van der Waals surface area contributed by atoms with Crippen molar-refractivity contribution in [1.82, 2.24) is 15.1 Å². The molecular weight excluding hydrogens is 617 g/mol. The molecule has 41 heavy (non-hydrogen) atoms. The molecule has 2 amide bonds. The topological polar surface area (TPSA) is 114 Å². The highest BCUT2D eigenvalue weighted by Gasteiger charge is 2.54. The van der Waals surface area contributed by atoms with Crippen molar-refractivity contribution in [2.75, 3.05) is 26.3 Å². The molecule has 4 aliphatic heterocycles. The molecule has 1 saturated carbocycles. The number of carbonyl (C=O) groups excluding carboxylic acids is 4. The van der Waals surface area contributed by atoms with E-state index in [1.807, 2.05) is 29.2 Å². The van der Waals surface area contributed by atoms with Gasteiger partial charge in [-0.1, -0.05) is 40.9 Å². The number of β-lactam (4-membered cyclic amide) rings is 1. The number of halogens is 3. The predicted molar refractivity (Wildman–Crippen MR) is 156 cm³/mol. The largest absolute Gasteiger partial charge is 0.457 e. The van der Waals surface area contributed by atoms with Crippen LogP contribution < -0.4 is 10.1 Å². The van der Waals surface area contributed by atoms with Gasteiger partial charge in [0.2, 0.25) is 9.70 Å². The monoisotopic (exact) mass is 647 g/mol. The van der Waals surface area contributed by atoms with Crippen LogP contribution in [0, 0.1) is 5.92 Å². The van der Waals surface area contributed by atoms with Crippen LogP contribution in [0.2, 0.25) is 0 Å². The second-order valence-corrected chi connectivity index (χ2v) is 13.7. The highest BCUT2D eigenvalue weighted by atomic mass is 35.6. The van der Waals surface area contributed by atoms with Gasteiger partial charge in [0.05, 0.1) is 6.61 Å². The lowest BCUT2D eigenvalue weighted by Gasteiger charge is -2.47. The number of piperidine rings is 1. The van der Waals surface area contributed by atoms with E-state index in [0.29, 0.717) is 31.3 Å². The number of allylic oxidation sites excluding steroid dienone is 1. The van der Waals surface area contributed by atoms with Crippen molar-refractivity contribution in [3.63, 3.8) is 0 Å². The minimum Gasteiger partial charge on any atom is -0.457 e. The molecule has 6 rings (SSSR count). The highest BCUT2D eigenvalue weighted by molar-refractivity contribution is 8.13. The molecule has 3 fully saturated rings. The zero-order valence-electron chi connectivity index (χ0n) is 22.7. The molecule has 1 aromatic rings. The smallest absolute Gasteiger partial charge is 0.369 e. The first-order chi connectivity index (χ1) is 19.4. The minimum absolute atomic E-state index is 0.0461. The maximum Gasteiger partial charge on any atom is 0.369 e. The lowest BCUT2D eigenvalue weighted by atomic mass is 10.0. The fourth-order valence-corrected chi connectivity index (χ4v) is 5.60. The van der Waals surface area contributed by atoms with Crippen molar-refractivity contribution in [2.45, 2.75) is 61.2 Å². The highest BCUT2D eigenvalue weighted by Crippen LogP contribution is 2.38. The maximum atomic E-state index is 13.1. The van der Waals surface area contributed by atoms with Gasteiger partial charge >= 0.3 is 11.3 Å². The number of nitrogens with zero attached hydrogens (tertiary/aromatic N) is 2. The molecule has 14 heteroatoms. The molecule has 2 atom stereocenters. The van der Waals surface area contributed by atoms with E-state index in [4.69, 9.17) is 49.0 Å². The minimum atomic E-state index is -1.84. The third kappa shape index (κ3) is 8.83. The summed E-state index contributed by atoms with van der Waals surface area (Å²) in [6.45, 7) is 4.16. The molecule has 0 spiro atoms. The number of ether oxygens (including phenoxy) is 3. The molecule has 2 unspecified atom stereocenters. The van der Waals surface area contributed by atoms with Crippen molar-refractivity contribution in [1.29, 1.82) is 0 Å². The molecule has 2 saturated heterocycles. The van der Waals surface area contributed by atoms with Gasteiger partial charge in [-0.25, -0.2) is 9.59 Å². The van der Waals surface area contributed by atoms with E-state index in [1.54, 1.807) is 6.92 Å². The van der Waals surface area contributed by atoms with Crippen molar-refractivity contribution in [3.05, 3.63) is 35.7 Å². The average molecular weight is 649 g/mol. The maximum absolute atomic E-state index is 13.1. The summed E-state index contributed by atoms with van der Waals surface area (Å²) in [4.78, 5) is 53.6. The number of nitrogens with one attached hydrogen (secondary N) is 1. The quantitative estimate of drug-likeness (QED) is 0.175. The summed E-state index contributed by atoms with van der Waals surface area (Å²) >= 11 is 18.0. The second kappa shape index (κ2) is 13.8. The number of amides is 2. The van der Waals surface area contributed by atoms with Crippen LogP contribution in [0.1, 0.15) is 46.0 Å². The van der Waals surface area contributed by atoms with Crippen LogP contribution in [0.25, 0.3) is 0 Å². The molecule has 0 aromatic heterocycles. The van der Waals surface area contributed by atoms with Gasteiger partial charge in [-0.2, -0.15) is 0 Å². The fraction of sp³-hybridized carbons (Fsp3) is 0.556. The molecule has 1 N–H and O–H groups in total. The van der Waals surface area contributed by atoms with Gasteiger partial charge in [0.25, 0.3) is 5.91 Å². The van der Waals surface area contributed by atoms with Gasteiger partial charge in [-0.3, -0.25) is 14.5 Å². The zero-order valence-corrected chi connectivity index (χ0v) is 25.8. The first kappa shape index (κ1) is 31.6. The van der Waals surface area contributed by atoms with Gasteiger partial charge < -0.3 is 24.4 Å². The molecule has 0 radical (unpaired) electrons. The van der Waals surface area contributed by atoms with E-state index in [9.17, 15) is 19.2 Å². The van der Waals surface area contributed by atoms with Gasteiger partial charge in [0, 0.05) is 31.8 Å². The summed E-state index contributed by atoms with van der Waals surface area (Å²) in [5.74, 6) is 0.492. The van der Waals surface area contributed by atoms with Crippen LogP contribution in [0.5, 0.6) is 11.5 Å². The third-order valence-corrected chi connectivity index (χ3v) is 8.13. The Bertz CT molecular complexity index is 1170. The number of hydrogen-bond donors (Lipinski definition) is 1. The van der Waals surface area contributed by atoms with E-state index >= 15 is 0 Å². The van der Waals surface area contributed by atoms with Gasteiger partial charge in [0.15, 0.2) is 0 Å².